The molecule has 0 nitrogen and oxygen atoms in total. The maximum Gasteiger partial charge on any atom is 0.0542 e. The molecule has 0 bridgehead atoms. The fraction of sp³-hybridized carbons (Fsp3) is 0.222. The van der Waals surface area contributed by atoms with Crippen LogP contribution in [0.2, 0.25) is 0 Å². The largest absolute Gasteiger partial charge is 0.134 e. The van der Waals surface area contributed by atoms with Gasteiger partial charge in [-0.15, -0.1) is 22.7 Å². The first-order valence-electron chi connectivity index (χ1n) is 7.16. The van der Waals surface area contributed by atoms with Gasteiger partial charge in [0, 0.05) is 20.2 Å². The molecule has 4 aromatic rings. The second-order valence-corrected chi connectivity index (χ2v) is 7.33. The van der Waals surface area contributed by atoms with Crippen LogP contribution in [0.1, 0.15) is 25.0 Å². The lowest BCUT2D eigenvalue weighted by Crippen LogP contribution is -1.76. The second kappa shape index (κ2) is 4.57. The van der Waals surface area contributed by atoms with Gasteiger partial charge in [0.2, 0.25) is 0 Å². The van der Waals surface area contributed by atoms with Gasteiger partial charge in [0.1, 0.15) is 0 Å². The fourth-order valence-electron chi connectivity index (χ4n) is 2.78. The van der Waals surface area contributed by atoms with Crippen molar-refractivity contribution in [3.8, 4) is 0 Å². The van der Waals surface area contributed by atoms with E-state index in [1.54, 1.807) is 0 Å². The van der Waals surface area contributed by atoms with Crippen LogP contribution in [-0.2, 0) is 12.8 Å². The average Bonchev–Trinajstić information content (AvgIpc) is 3.01. The molecule has 0 aliphatic rings. The van der Waals surface area contributed by atoms with E-state index in [4.69, 9.17) is 0 Å². The smallest absolute Gasteiger partial charge is 0.0542 e. The molecule has 20 heavy (non-hydrogen) atoms. The van der Waals surface area contributed by atoms with Crippen LogP contribution in [0, 0.1) is 0 Å². The van der Waals surface area contributed by atoms with Gasteiger partial charge in [-0.1, -0.05) is 38.1 Å². The molecule has 2 heteroatoms. The van der Waals surface area contributed by atoms with E-state index in [0.717, 1.165) is 12.8 Å². The van der Waals surface area contributed by atoms with Crippen molar-refractivity contribution in [1.82, 2.24) is 0 Å². The van der Waals surface area contributed by atoms with Crippen LogP contribution in [0.15, 0.2) is 36.4 Å². The summed E-state index contributed by atoms with van der Waals surface area (Å²) in [5.41, 5.74) is 2.87. The van der Waals surface area contributed by atoms with E-state index in [1.807, 2.05) is 22.7 Å². The van der Waals surface area contributed by atoms with Crippen molar-refractivity contribution in [3.05, 3.63) is 47.5 Å². The number of rotatable bonds is 2. The average molecular weight is 296 g/mol. The summed E-state index contributed by atoms with van der Waals surface area (Å²) in [6.07, 6.45) is 2.23. The van der Waals surface area contributed by atoms with Crippen LogP contribution in [0.3, 0.4) is 0 Å². The highest BCUT2D eigenvalue weighted by Crippen LogP contribution is 2.44. The van der Waals surface area contributed by atoms with E-state index in [-0.39, 0.29) is 0 Å². The molecule has 0 saturated heterocycles. The van der Waals surface area contributed by atoms with Crippen LogP contribution >= 0.6 is 22.7 Å². The standard InChI is InChI=1S/C18H16S2/c1-3-11-5-7-13-15(9-11)19-18-14-8-6-12(4-2)10-16(14)20-17(13)18/h5-10H,3-4H2,1-2H3. The summed E-state index contributed by atoms with van der Waals surface area (Å²) in [6, 6.07) is 13.9. The molecule has 0 saturated carbocycles. The van der Waals surface area contributed by atoms with Gasteiger partial charge in [0.05, 0.1) is 9.40 Å². The molecule has 0 atom stereocenters. The molecule has 4 rings (SSSR count). The Bertz CT molecular complexity index is 847. The van der Waals surface area contributed by atoms with E-state index in [9.17, 15) is 0 Å². The molecule has 0 aliphatic heterocycles. The molecule has 2 aromatic heterocycles. The van der Waals surface area contributed by atoms with Crippen molar-refractivity contribution in [1.29, 1.82) is 0 Å². The lowest BCUT2D eigenvalue weighted by Gasteiger charge is -1.97. The fourth-order valence-corrected chi connectivity index (χ4v) is 5.57. The molecule has 0 amide bonds. The van der Waals surface area contributed by atoms with Crippen LogP contribution in [0.25, 0.3) is 29.6 Å². The Morgan fingerprint density at radius 3 is 1.55 bits per heavy atom. The van der Waals surface area contributed by atoms with Gasteiger partial charge in [-0.2, -0.15) is 0 Å². The zero-order valence-corrected chi connectivity index (χ0v) is 13.3. The van der Waals surface area contributed by atoms with E-state index >= 15 is 0 Å². The third kappa shape index (κ3) is 1.72. The second-order valence-electron chi connectivity index (χ2n) is 5.23. The Balaban J connectivity index is 2.08. The topological polar surface area (TPSA) is 0 Å². The van der Waals surface area contributed by atoms with Crippen molar-refractivity contribution in [2.24, 2.45) is 0 Å². The summed E-state index contributed by atoms with van der Waals surface area (Å²) >= 11 is 3.90. The van der Waals surface area contributed by atoms with E-state index < -0.39 is 0 Å². The zero-order valence-electron chi connectivity index (χ0n) is 11.7. The molecule has 2 heterocycles. The van der Waals surface area contributed by atoms with Gasteiger partial charge in [-0.05, 0) is 36.1 Å². The number of fused-ring (bicyclic) bond motifs is 5. The first kappa shape index (κ1) is 12.4. The Labute approximate surface area is 126 Å². The maximum atomic E-state index is 2.36. The van der Waals surface area contributed by atoms with Gasteiger partial charge < -0.3 is 0 Å². The monoisotopic (exact) mass is 296 g/mol. The summed E-state index contributed by atoms with van der Waals surface area (Å²) in [6.45, 7) is 4.44. The van der Waals surface area contributed by atoms with E-state index in [0.29, 0.717) is 0 Å². The quantitative estimate of drug-likeness (QED) is 0.402. The van der Waals surface area contributed by atoms with Crippen molar-refractivity contribution in [2.45, 2.75) is 26.7 Å². The molecule has 100 valence electrons. The minimum atomic E-state index is 1.11. The minimum absolute atomic E-state index is 1.11. The number of aryl methyl sites for hydroxylation is 2. The predicted octanol–water partition coefficient (Wildman–Crippen LogP) is 6.39. The van der Waals surface area contributed by atoms with Crippen molar-refractivity contribution in [2.75, 3.05) is 0 Å². The lowest BCUT2D eigenvalue weighted by atomic mass is 10.1. The molecular formula is C18H16S2. The highest BCUT2D eigenvalue weighted by atomic mass is 32.1. The summed E-state index contributed by atoms with van der Waals surface area (Å²) in [7, 11) is 0. The molecule has 2 aromatic carbocycles. The highest BCUT2D eigenvalue weighted by Gasteiger charge is 2.12. The van der Waals surface area contributed by atoms with Crippen LogP contribution in [0.4, 0.5) is 0 Å². The molecular weight excluding hydrogens is 280 g/mol. The summed E-state index contributed by atoms with van der Waals surface area (Å²) in [5.74, 6) is 0. The normalized spacial score (nSPS) is 11.9. The highest BCUT2D eigenvalue weighted by molar-refractivity contribution is 7.36. The van der Waals surface area contributed by atoms with Gasteiger partial charge in [-0.3, -0.25) is 0 Å². The first-order chi connectivity index (χ1) is 9.80. The van der Waals surface area contributed by atoms with Crippen molar-refractivity contribution in [3.63, 3.8) is 0 Å². The third-order valence-electron chi connectivity index (χ3n) is 4.03. The minimum Gasteiger partial charge on any atom is -0.134 e. The van der Waals surface area contributed by atoms with Gasteiger partial charge in [0.25, 0.3) is 0 Å². The molecule has 0 radical (unpaired) electrons. The van der Waals surface area contributed by atoms with Gasteiger partial charge >= 0.3 is 0 Å². The van der Waals surface area contributed by atoms with Gasteiger partial charge in [-0.25, -0.2) is 0 Å². The molecule has 0 unspecified atom stereocenters. The van der Waals surface area contributed by atoms with Crippen LogP contribution < -0.4 is 0 Å². The maximum absolute atomic E-state index is 2.36. The summed E-state index contributed by atoms with van der Waals surface area (Å²) in [5, 5.41) is 2.86. The third-order valence-corrected chi connectivity index (χ3v) is 6.53. The number of hydrogen-bond donors (Lipinski definition) is 0. The number of hydrogen-bond acceptors (Lipinski definition) is 2. The van der Waals surface area contributed by atoms with Gasteiger partial charge in [0.15, 0.2) is 0 Å². The van der Waals surface area contributed by atoms with E-state index in [2.05, 4.69) is 50.2 Å². The van der Waals surface area contributed by atoms with Crippen LogP contribution in [-0.4, -0.2) is 0 Å². The molecule has 0 N–H and O–H groups in total. The number of benzene rings is 2. The Morgan fingerprint density at radius 1 is 0.700 bits per heavy atom. The van der Waals surface area contributed by atoms with E-state index in [1.165, 1.54) is 40.7 Å². The first-order valence-corrected chi connectivity index (χ1v) is 8.80. The SMILES string of the molecule is CCc1ccc2c(c1)sc1c3ccc(CC)cc3sc21. The lowest BCUT2D eigenvalue weighted by molar-refractivity contribution is 1.15. The molecule has 0 aliphatic carbocycles. The molecule has 0 fully saturated rings. The van der Waals surface area contributed by atoms with Crippen LogP contribution in [0.5, 0.6) is 0 Å². The Hall–Kier alpha value is -1.38. The summed E-state index contributed by atoms with van der Waals surface area (Å²) < 4.78 is 5.81. The van der Waals surface area contributed by atoms with Crippen molar-refractivity contribution >= 4 is 52.2 Å². The number of thiophene rings is 2. The van der Waals surface area contributed by atoms with Crippen molar-refractivity contribution < 1.29 is 0 Å². The summed E-state index contributed by atoms with van der Waals surface area (Å²) in [4.78, 5) is 0. The Morgan fingerprint density at radius 2 is 1.15 bits per heavy atom. The molecule has 0 spiro atoms. The Kier molecular flexibility index (Phi) is 2.83. The predicted molar refractivity (Wildman–Crippen MR) is 93.5 cm³/mol. The zero-order chi connectivity index (χ0) is 13.7.